The Labute approximate surface area is 192 Å². The molecule has 1 fully saturated rings. The third-order valence-electron chi connectivity index (χ3n) is 6.54. The third kappa shape index (κ3) is 4.97. The maximum atomic E-state index is 14.7. The first kappa shape index (κ1) is 23.1. The molecule has 0 N–H and O–H groups in total. The van der Waals surface area contributed by atoms with Crippen molar-refractivity contribution in [3.05, 3.63) is 94.3 Å². The van der Waals surface area contributed by atoms with Crippen LogP contribution in [0.1, 0.15) is 65.6 Å². The number of ether oxygens (including phenoxy) is 1. The molecule has 3 aromatic carbocycles. The summed E-state index contributed by atoms with van der Waals surface area (Å²) in [5.74, 6) is -3.10. The van der Waals surface area contributed by atoms with Crippen molar-refractivity contribution < 1.29 is 22.7 Å². The van der Waals surface area contributed by atoms with Crippen LogP contribution in [0.3, 0.4) is 0 Å². The Hall–Kier alpha value is -3.08. The largest absolute Gasteiger partial charge is 0.459 e. The number of hydrogen-bond acceptors (Lipinski definition) is 2. The molecular formula is C28H27F3O2. The number of esters is 1. The van der Waals surface area contributed by atoms with Gasteiger partial charge in [-0.1, -0.05) is 55.0 Å². The molecule has 0 heterocycles. The van der Waals surface area contributed by atoms with Crippen LogP contribution in [0.4, 0.5) is 13.2 Å². The van der Waals surface area contributed by atoms with Crippen LogP contribution in [0.25, 0.3) is 11.1 Å². The molecule has 1 saturated carbocycles. The number of benzene rings is 3. The molecular weight excluding hydrogens is 425 g/mol. The number of carbonyl (C=O) groups is 1. The maximum absolute atomic E-state index is 14.7. The molecule has 0 spiro atoms. The van der Waals surface area contributed by atoms with Crippen LogP contribution in [-0.4, -0.2) is 12.1 Å². The lowest BCUT2D eigenvalue weighted by Crippen LogP contribution is -2.24. The van der Waals surface area contributed by atoms with Gasteiger partial charge in [-0.3, -0.25) is 0 Å². The van der Waals surface area contributed by atoms with E-state index in [0.29, 0.717) is 30.4 Å². The van der Waals surface area contributed by atoms with Crippen LogP contribution in [-0.2, 0) is 11.2 Å². The molecule has 3 aromatic rings. The molecule has 0 radical (unpaired) electrons. The van der Waals surface area contributed by atoms with E-state index in [-0.39, 0.29) is 23.4 Å². The smallest absolute Gasteiger partial charge is 0.341 e. The predicted molar refractivity (Wildman–Crippen MR) is 123 cm³/mol. The Morgan fingerprint density at radius 1 is 0.909 bits per heavy atom. The quantitative estimate of drug-likeness (QED) is 0.374. The van der Waals surface area contributed by atoms with Crippen LogP contribution in [0, 0.1) is 24.4 Å². The van der Waals surface area contributed by atoms with Crippen LogP contribution in [0.2, 0.25) is 0 Å². The van der Waals surface area contributed by atoms with Crippen LogP contribution >= 0.6 is 0 Å². The van der Waals surface area contributed by atoms with E-state index in [1.54, 1.807) is 18.2 Å². The summed E-state index contributed by atoms with van der Waals surface area (Å²) < 4.78 is 49.0. The molecule has 0 bridgehead atoms. The minimum Gasteiger partial charge on any atom is -0.459 e. The second-order valence-corrected chi connectivity index (χ2v) is 8.74. The van der Waals surface area contributed by atoms with Crippen molar-refractivity contribution in [2.45, 2.75) is 58.0 Å². The first-order valence-electron chi connectivity index (χ1n) is 11.4. The van der Waals surface area contributed by atoms with E-state index in [9.17, 15) is 18.0 Å². The fraction of sp³-hybridized carbons (Fsp3) is 0.321. The highest BCUT2D eigenvalue weighted by molar-refractivity contribution is 5.90. The van der Waals surface area contributed by atoms with Gasteiger partial charge >= 0.3 is 5.97 Å². The van der Waals surface area contributed by atoms with Gasteiger partial charge in [0.25, 0.3) is 0 Å². The van der Waals surface area contributed by atoms with E-state index in [4.69, 9.17) is 4.74 Å². The molecule has 0 aromatic heterocycles. The summed E-state index contributed by atoms with van der Waals surface area (Å²) in [6.07, 6.45) is 2.96. The van der Waals surface area contributed by atoms with Gasteiger partial charge in [0.1, 0.15) is 11.9 Å². The molecule has 0 saturated heterocycles. The van der Waals surface area contributed by atoms with Gasteiger partial charge in [-0.2, -0.15) is 0 Å². The summed E-state index contributed by atoms with van der Waals surface area (Å²) in [4.78, 5) is 12.6. The van der Waals surface area contributed by atoms with Crippen molar-refractivity contribution >= 4 is 5.97 Å². The molecule has 0 amide bonds. The highest BCUT2D eigenvalue weighted by Gasteiger charge is 2.28. The number of halogens is 3. The van der Waals surface area contributed by atoms with E-state index in [1.807, 2.05) is 38.1 Å². The van der Waals surface area contributed by atoms with E-state index in [2.05, 4.69) is 0 Å². The molecule has 5 heteroatoms. The predicted octanol–water partition coefficient (Wildman–Crippen LogP) is 7.52. The van der Waals surface area contributed by atoms with Gasteiger partial charge in [0, 0.05) is 5.56 Å². The Balaban J connectivity index is 1.40. The van der Waals surface area contributed by atoms with Gasteiger partial charge in [0.2, 0.25) is 0 Å². The molecule has 4 rings (SSSR count). The van der Waals surface area contributed by atoms with Crippen molar-refractivity contribution in [3.63, 3.8) is 0 Å². The molecule has 1 aliphatic carbocycles. The summed E-state index contributed by atoms with van der Waals surface area (Å²) in [6.45, 7) is 3.83. The summed E-state index contributed by atoms with van der Waals surface area (Å²) in [5, 5.41) is 0. The minimum atomic E-state index is -1.20. The average molecular weight is 453 g/mol. The average Bonchev–Trinajstić information content (AvgIpc) is 2.82. The molecule has 0 aliphatic heterocycles. The van der Waals surface area contributed by atoms with E-state index >= 15 is 0 Å². The normalized spacial score (nSPS) is 18.2. The van der Waals surface area contributed by atoms with Gasteiger partial charge in [-0.05, 0) is 73.8 Å². The van der Waals surface area contributed by atoms with Crippen molar-refractivity contribution in [2.75, 3.05) is 0 Å². The second-order valence-electron chi connectivity index (χ2n) is 8.74. The van der Waals surface area contributed by atoms with Gasteiger partial charge < -0.3 is 4.74 Å². The monoisotopic (exact) mass is 452 g/mol. The lowest BCUT2D eigenvalue weighted by molar-refractivity contribution is 0.0189. The summed E-state index contributed by atoms with van der Waals surface area (Å²) in [5.41, 5.74) is 2.91. The van der Waals surface area contributed by atoms with Crippen LogP contribution in [0.15, 0.2) is 54.6 Å². The lowest BCUT2D eigenvalue weighted by Gasteiger charge is -2.29. The first-order chi connectivity index (χ1) is 15.9. The zero-order valence-corrected chi connectivity index (χ0v) is 18.8. The summed E-state index contributed by atoms with van der Waals surface area (Å²) >= 11 is 0. The zero-order valence-electron chi connectivity index (χ0n) is 18.8. The molecule has 1 aliphatic rings. The SMILES string of the molecule is CCc1ccc(C2CCC(OC(=O)c3ccc(-c4ccc(C)cc4)c(F)c3F)CC2)cc1F. The van der Waals surface area contributed by atoms with Crippen LogP contribution in [0.5, 0.6) is 0 Å². The van der Waals surface area contributed by atoms with E-state index in [1.165, 1.54) is 12.1 Å². The maximum Gasteiger partial charge on any atom is 0.341 e. The van der Waals surface area contributed by atoms with E-state index in [0.717, 1.165) is 24.0 Å². The fourth-order valence-electron chi connectivity index (χ4n) is 4.50. The highest BCUT2D eigenvalue weighted by atomic mass is 19.2. The highest BCUT2D eigenvalue weighted by Crippen LogP contribution is 2.35. The fourth-order valence-corrected chi connectivity index (χ4v) is 4.50. The first-order valence-corrected chi connectivity index (χ1v) is 11.4. The number of hydrogen-bond donors (Lipinski definition) is 0. The Morgan fingerprint density at radius 3 is 2.24 bits per heavy atom. The van der Waals surface area contributed by atoms with Crippen molar-refractivity contribution in [1.82, 2.24) is 0 Å². The van der Waals surface area contributed by atoms with Crippen LogP contribution < -0.4 is 0 Å². The molecule has 0 atom stereocenters. The molecule has 172 valence electrons. The molecule has 33 heavy (non-hydrogen) atoms. The third-order valence-corrected chi connectivity index (χ3v) is 6.54. The molecule has 2 nitrogen and oxygen atoms in total. The van der Waals surface area contributed by atoms with E-state index < -0.39 is 23.2 Å². The Morgan fingerprint density at radius 2 is 1.61 bits per heavy atom. The topological polar surface area (TPSA) is 26.3 Å². The molecule has 0 unspecified atom stereocenters. The zero-order chi connectivity index (χ0) is 23.5. The summed E-state index contributed by atoms with van der Waals surface area (Å²) in [6, 6.07) is 15.1. The number of aryl methyl sites for hydroxylation is 2. The van der Waals surface area contributed by atoms with Gasteiger partial charge in [-0.15, -0.1) is 0 Å². The van der Waals surface area contributed by atoms with Gasteiger partial charge in [-0.25, -0.2) is 18.0 Å². The standard InChI is InChI=1S/C28H27F3O2/c1-3-18-8-9-21(16-25(18)29)19-10-12-22(13-11-19)33-28(32)24-15-14-23(26(30)27(24)31)20-6-4-17(2)5-7-20/h4-9,14-16,19,22H,3,10-13H2,1-2H3. The van der Waals surface area contributed by atoms with Gasteiger partial charge in [0.15, 0.2) is 11.6 Å². The second kappa shape index (κ2) is 9.82. The van der Waals surface area contributed by atoms with Crippen molar-refractivity contribution in [2.24, 2.45) is 0 Å². The summed E-state index contributed by atoms with van der Waals surface area (Å²) in [7, 11) is 0. The van der Waals surface area contributed by atoms with Crippen molar-refractivity contribution in [3.8, 4) is 11.1 Å². The Bertz CT molecular complexity index is 1150. The van der Waals surface area contributed by atoms with Gasteiger partial charge in [0.05, 0.1) is 5.56 Å². The number of carbonyl (C=O) groups excluding carboxylic acids is 1. The van der Waals surface area contributed by atoms with Crippen molar-refractivity contribution in [1.29, 1.82) is 0 Å². The number of rotatable bonds is 5. The minimum absolute atomic E-state index is 0.103. The Kier molecular flexibility index (Phi) is 6.87. The lowest BCUT2D eigenvalue weighted by atomic mass is 9.82.